The maximum Gasteiger partial charge on any atom is 0.251 e. The number of hydrogen-bond acceptors (Lipinski definition) is 6. The van der Waals surface area contributed by atoms with Crippen molar-refractivity contribution in [3.8, 4) is 0 Å². The van der Waals surface area contributed by atoms with Crippen LogP contribution in [-0.2, 0) is 9.59 Å². The van der Waals surface area contributed by atoms with Crippen LogP contribution in [0.5, 0.6) is 0 Å². The average molecular weight is 553 g/mol. The van der Waals surface area contributed by atoms with Gasteiger partial charge in [0.1, 0.15) is 0 Å². The first-order chi connectivity index (χ1) is 19.3. The van der Waals surface area contributed by atoms with Gasteiger partial charge in [0.05, 0.1) is 0 Å². The van der Waals surface area contributed by atoms with Crippen LogP contribution < -0.4 is 21.3 Å². The molecule has 0 saturated heterocycles. The normalized spacial score (nSPS) is 10.8. The van der Waals surface area contributed by atoms with Gasteiger partial charge >= 0.3 is 0 Å². The number of benzene rings is 2. The second kappa shape index (κ2) is 17.8. The van der Waals surface area contributed by atoms with E-state index in [9.17, 15) is 19.2 Å². The third kappa shape index (κ3) is 11.5. The van der Waals surface area contributed by atoms with E-state index in [1.807, 2.05) is 0 Å². The number of hydrogen-bond donors (Lipinski definition) is 4. The number of nitrogens with one attached hydrogen (secondary N) is 4. The summed E-state index contributed by atoms with van der Waals surface area (Å²) in [6.07, 6.45) is 0.0128. The number of carbonyl (C=O) groups excluding carboxylic acids is 4. The predicted octanol–water partition coefficient (Wildman–Crippen LogP) is 3.19. The van der Waals surface area contributed by atoms with Crippen molar-refractivity contribution >= 4 is 35.0 Å². The van der Waals surface area contributed by atoms with Crippen LogP contribution in [0.4, 0.5) is 11.4 Å². The molecule has 0 bridgehead atoms. The second-order valence-electron chi connectivity index (χ2n) is 9.32. The zero-order chi connectivity index (χ0) is 29.3. The molecule has 0 aliphatic carbocycles. The number of carbonyl (C=O) groups is 4. The Kier molecular flexibility index (Phi) is 14.4. The Balaban J connectivity index is 1.71. The Morgan fingerprint density at radius 2 is 0.875 bits per heavy atom. The van der Waals surface area contributed by atoms with E-state index in [0.29, 0.717) is 35.6 Å². The molecule has 2 rings (SSSR count). The summed E-state index contributed by atoms with van der Waals surface area (Å²) in [4.78, 5) is 53.7. The summed E-state index contributed by atoms with van der Waals surface area (Å²) in [5, 5.41) is 11.3. The Hall–Kier alpha value is -3.76. The topological polar surface area (TPSA) is 123 Å². The molecule has 40 heavy (non-hydrogen) atoms. The summed E-state index contributed by atoms with van der Waals surface area (Å²) in [6, 6.07) is 13.3. The molecule has 10 nitrogen and oxygen atoms in total. The number of nitrogens with zero attached hydrogens (tertiary/aromatic N) is 2. The summed E-state index contributed by atoms with van der Waals surface area (Å²) in [6.45, 7) is 14.8. The van der Waals surface area contributed by atoms with Gasteiger partial charge in [0.15, 0.2) is 0 Å². The van der Waals surface area contributed by atoms with E-state index in [0.717, 1.165) is 39.3 Å². The molecule has 0 saturated carbocycles. The molecule has 4 N–H and O–H groups in total. The van der Waals surface area contributed by atoms with Gasteiger partial charge in [0.25, 0.3) is 11.8 Å². The number of anilines is 2. The zero-order valence-electron chi connectivity index (χ0n) is 24.2. The van der Waals surface area contributed by atoms with Crippen LogP contribution in [0.25, 0.3) is 0 Å². The van der Waals surface area contributed by atoms with Gasteiger partial charge in [-0.2, -0.15) is 0 Å². The third-order valence-electron chi connectivity index (χ3n) is 6.66. The molecule has 218 valence electrons. The lowest BCUT2D eigenvalue weighted by molar-refractivity contribution is -0.121. The van der Waals surface area contributed by atoms with Crippen molar-refractivity contribution in [2.45, 2.75) is 40.5 Å². The lowest BCUT2D eigenvalue weighted by Crippen LogP contribution is -2.34. The van der Waals surface area contributed by atoms with E-state index in [-0.39, 0.29) is 36.5 Å². The van der Waals surface area contributed by atoms with Gasteiger partial charge in [-0.25, -0.2) is 0 Å². The first-order valence-electron chi connectivity index (χ1n) is 14.1. The maximum atomic E-state index is 12.3. The number of amides is 4. The van der Waals surface area contributed by atoms with Gasteiger partial charge in [0, 0.05) is 61.5 Å². The van der Waals surface area contributed by atoms with Crippen LogP contribution in [-0.4, -0.2) is 85.8 Å². The molecule has 2 aromatic rings. The summed E-state index contributed by atoms with van der Waals surface area (Å²) >= 11 is 0. The summed E-state index contributed by atoms with van der Waals surface area (Å²) < 4.78 is 0. The molecule has 0 unspecified atom stereocenters. The standard InChI is InChI=1S/C30H44N6O4/c1-5-35(6-2)21-19-31-29(39)23-9-13-25(14-10-23)33-27(37)17-18-28(38)34-26-15-11-24(12-16-26)30(40)32-20-22-36(7-3)8-4/h9-16H,5-8,17-22H2,1-4H3,(H,31,39)(H,32,40)(H,33,37)(H,34,38). The molecular weight excluding hydrogens is 508 g/mol. The van der Waals surface area contributed by atoms with Gasteiger partial charge in [-0.1, -0.05) is 27.7 Å². The summed E-state index contributed by atoms with van der Waals surface area (Å²) in [7, 11) is 0. The molecule has 4 amide bonds. The molecule has 0 aromatic heterocycles. The van der Waals surface area contributed by atoms with Crippen LogP contribution in [0.2, 0.25) is 0 Å². The highest BCUT2D eigenvalue weighted by Crippen LogP contribution is 2.12. The van der Waals surface area contributed by atoms with Crippen molar-refractivity contribution in [3.05, 3.63) is 59.7 Å². The summed E-state index contributed by atoms with van der Waals surface area (Å²) in [5.74, 6) is -0.928. The van der Waals surface area contributed by atoms with E-state index in [1.165, 1.54) is 0 Å². The van der Waals surface area contributed by atoms with Gasteiger partial charge in [-0.3, -0.25) is 19.2 Å². The van der Waals surface area contributed by atoms with E-state index in [2.05, 4.69) is 58.8 Å². The highest BCUT2D eigenvalue weighted by Gasteiger charge is 2.11. The van der Waals surface area contributed by atoms with Crippen molar-refractivity contribution in [2.75, 3.05) is 63.0 Å². The highest BCUT2D eigenvalue weighted by molar-refractivity contribution is 5.98. The van der Waals surface area contributed by atoms with Crippen LogP contribution in [0.3, 0.4) is 0 Å². The monoisotopic (exact) mass is 552 g/mol. The minimum absolute atomic E-state index is 0.00640. The minimum atomic E-state index is -0.302. The maximum absolute atomic E-state index is 12.3. The van der Waals surface area contributed by atoms with Gasteiger partial charge < -0.3 is 31.1 Å². The molecule has 0 aliphatic rings. The highest BCUT2D eigenvalue weighted by atomic mass is 16.2. The van der Waals surface area contributed by atoms with Gasteiger partial charge in [-0.05, 0) is 74.7 Å². The van der Waals surface area contributed by atoms with Crippen molar-refractivity contribution in [3.63, 3.8) is 0 Å². The summed E-state index contributed by atoms with van der Waals surface area (Å²) in [5.41, 5.74) is 2.13. The predicted molar refractivity (Wildman–Crippen MR) is 160 cm³/mol. The number of rotatable bonds is 17. The molecule has 0 atom stereocenters. The van der Waals surface area contributed by atoms with Crippen molar-refractivity contribution < 1.29 is 19.2 Å². The minimum Gasteiger partial charge on any atom is -0.351 e. The van der Waals surface area contributed by atoms with E-state index in [4.69, 9.17) is 0 Å². The Morgan fingerprint density at radius 1 is 0.550 bits per heavy atom. The van der Waals surface area contributed by atoms with Crippen molar-refractivity contribution in [1.29, 1.82) is 0 Å². The Morgan fingerprint density at radius 3 is 1.18 bits per heavy atom. The van der Waals surface area contributed by atoms with Crippen LogP contribution in [0.15, 0.2) is 48.5 Å². The average Bonchev–Trinajstić information content (AvgIpc) is 2.97. The lowest BCUT2D eigenvalue weighted by atomic mass is 10.1. The quantitative estimate of drug-likeness (QED) is 0.239. The van der Waals surface area contributed by atoms with Crippen molar-refractivity contribution in [1.82, 2.24) is 20.4 Å². The molecular formula is C30H44N6O4. The Labute approximate surface area is 237 Å². The number of likely N-dealkylation sites (N-methyl/N-ethyl adjacent to an activating group) is 2. The zero-order valence-corrected chi connectivity index (χ0v) is 24.2. The molecule has 0 radical (unpaired) electrons. The van der Waals surface area contributed by atoms with Crippen LogP contribution in [0.1, 0.15) is 61.3 Å². The van der Waals surface area contributed by atoms with E-state index >= 15 is 0 Å². The lowest BCUT2D eigenvalue weighted by Gasteiger charge is -2.18. The molecule has 10 heteroatoms. The first kappa shape index (κ1) is 32.5. The van der Waals surface area contributed by atoms with Crippen molar-refractivity contribution in [2.24, 2.45) is 0 Å². The SMILES string of the molecule is CCN(CC)CCNC(=O)c1ccc(NC(=O)CCC(=O)Nc2ccc(C(=O)NCCN(CC)CC)cc2)cc1. The fourth-order valence-corrected chi connectivity index (χ4v) is 4.02. The fourth-order valence-electron chi connectivity index (χ4n) is 4.02. The molecule has 0 spiro atoms. The van der Waals surface area contributed by atoms with E-state index < -0.39 is 0 Å². The smallest absolute Gasteiger partial charge is 0.251 e. The van der Waals surface area contributed by atoms with Crippen LogP contribution >= 0.6 is 0 Å². The van der Waals surface area contributed by atoms with E-state index in [1.54, 1.807) is 48.5 Å². The molecule has 0 heterocycles. The molecule has 0 aliphatic heterocycles. The fraction of sp³-hybridized carbons (Fsp3) is 0.467. The molecule has 2 aromatic carbocycles. The Bertz CT molecular complexity index is 993. The van der Waals surface area contributed by atoms with Gasteiger partial charge in [-0.15, -0.1) is 0 Å². The first-order valence-corrected chi connectivity index (χ1v) is 14.1. The van der Waals surface area contributed by atoms with Crippen LogP contribution in [0, 0.1) is 0 Å². The molecule has 0 fully saturated rings. The second-order valence-corrected chi connectivity index (χ2v) is 9.32. The largest absolute Gasteiger partial charge is 0.351 e. The van der Waals surface area contributed by atoms with Gasteiger partial charge in [0.2, 0.25) is 11.8 Å². The third-order valence-corrected chi connectivity index (χ3v) is 6.66.